The topological polar surface area (TPSA) is 28.7 Å². The van der Waals surface area contributed by atoms with Gasteiger partial charge >= 0.3 is 0 Å². The summed E-state index contributed by atoms with van der Waals surface area (Å²) >= 11 is 7.34. The van der Waals surface area contributed by atoms with Crippen LogP contribution in [0.2, 0.25) is 5.02 Å². The van der Waals surface area contributed by atoms with Crippen LogP contribution in [0.25, 0.3) is 0 Å². The van der Waals surface area contributed by atoms with Crippen LogP contribution in [0.15, 0.2) is 46.7 Å². The molecule has 0 radical (unpaired) electrons. The summed E-state index contributed by atoms with van der Waals surface area (Å²) in [5.74, 6) is 0. The molecule has 14 heavy (non-hydrogen) atoms. The molecule has 0 saturated carbocycles. The molecule has 0 aliphatic carbocycles. The molecule has 0 atom stereocenters. The highest BCUT2D eigenvalue weighted by molar-refractivity contribution is 7.99. The van der Waals surface area contributed by atoms with Gasteiger partial charge < -0.3 is 4.98 Å². The average molecular weight is 247 g/mol. The van der Waals surface area contributed by atoms with Gasteiger partial charge in [-0.05, 0) is 24.3 Å². The van der Waals surface area contributed by atoms with Gasteiger partial charge in [-0.25, -0.2) is 4.98 Å². The molecule has 0 amide bonds. The van der Waals surface area contributed by atoms with E-state index in [2.05, 4.69) is 9.97 Å². The fraction of sp³-hybridized carbons (Fsp3) is 0. The zero-order valence-electron chi connectivity index (χ0n) is 7.11. The standard InChI is InChI=1S/C9H7ClN2S.ClH/c10-7-1-3-8(4-2-7)13-9-11-5-6-12-9;/h1-6H,(H,11,12);1H. The first-order valence-electron chi connectivity index (χ1n) is 3.77. The summed E-state index contributed by atoms with van der Waals surface area (Å²) in [4.78, 5) is 8.25. The number of imidazole rings is 1. The largest absolute Gasteiger partial charge is 0.339 e. The highest BCUT2D eigenvalue weighted by Gasteiger charge is 1.97. The van der Waals surface area contributed by atoms with E-state index in [1.807, 2.05) is 24.3 Å². The smallest absolute Gasteiger partial charge is 0.170 e. The molecule has 0 aliphatic rings. The highest BCUT2D eigenvalue weighted by atomic mass is 35.5. The summed E-state index contributed by atoms with van der Waals surface area (Å²) < 4.78 is 0. The zero-order chi connectivity index (χ0) is 9.10. The van der Waals surface area contributed by atoms with Crippen LogP contribution in [0.1, 0.15) is 0 Å². The van der Waals surface area contributed by atoms with Crippen LogP contribution in [-0.4, -0.2) is 9.97 Å². The summed E-state index contributed by atoms with van der Waals surface area (Å²) in [6.45, 7) is 0. The lowest BCUT2D eigenvalue weighted by molar-refractivity contribution is 1.06. The number of H-pyrrole nitrogens is 1. The maximum Gasteiger partial charge on any atom is 0.170 e. The number of benzene rings is 1. The van der Waals surface area contributed by atoms with Crippen molar-refractivity contribution in [2.45, 2.75) is 10.1 Å². The lowest BCUT2D eigenvalue weighted by Gasteiger charge is -1.96. The SMILES string of the molecule is Cl.Clc1ccc(Sc2ncc[nH]2)cc1. The number of aromatic nitrogens is 2. The summed E-state index contributed by atoms with van der Waals surface area (Å²) in [7, 11) is 0. The van der Waals surface area contributed by atoms with Crippen molar-refractivity contribution >= 4 is 35.8 Å². The molecule has 0 saturated heterocycles. The lowest BCUT2D eigenvalue weighted by atomic mass is 10.4. The van der Waals surface area contributed by atoms with Crippen LogP contribution in [0.3, 0.4) is 0 Å². The Labute approximate surface area is 97.5 Å². The van der Waals surface area contributed by atoms with Crippen LogP contribution in [-0.2, 0) is 0 Å². The maximum atomic E-state index is 5.76. The molecule has 0 aliphatic heterocycles. The Bertz CT molecular complexity index is 372. The fourth-order valence-electron chi connectivity index (χ4n) is 0.921. The molecule has 2 aromatic rings. The van der Waals surface area contributed by atoms with E-state index in [-0.39, 0.29) is 12.4 Å². The second kappa shape index (κ2) is 5.29. The summed E-state index contributed by atoms with van der Waals surface area (Å²) in [6, 6.07) is 7.67. The molecule has 1 aromatic heterocycles. The van der Waals surface area contributed by atoms with Crippen molar-refractivity contribution in [1.29, 1.82) is 0 Å². The lowest BCUT2D eigenvalue weighted by Crippen LogP contribution is -1.74. The average Bonchev–Trinajstić information content (AvgIpc) is 2.62. The van der Waals surface area contributed by atoms with Crippen LogP contribution >= 0.6 is 35.8 Å². The molecule has 2 rings (SSSR count). The van der Waals surface area contributed by atoms with Crippen molar-refractivity contribution in [3.63, 3.8) is 0 Å². The maximum absolute atomic E-state index is 5.76. The fourth-order valence-corrected chi connectivity index (χ4v) is 1.78. The Morgan fingerprint density at radius 2 is 1.93 bits per heavy atom. The van der Waals surface area contributed by atoms with E-state index in [9.17, 15) is 0 Å². The summed E-state index contributed by atoms with van der Waals surface area (Å²) in [6.07, 6.45) is 3.54. The third-order valence-electron chi connectivity index (χ3n) is 1.50. The molecular formula is C9H8Cl2N2S. The number of hydrogen-bond acceptors (Lipinski definition) is 2. The zero-order valence-corrected chi connectivity index (χ0v) is 9.49. The molecule has 5 heteroatoms. The van der Waals surface area contributed by atoms with E-state index in [1.54, 1.807) is 24.2 Å². The van der Waals surface area contributed by atoms with E-state index in [0.717, 1.165) is 15.1 Å². The number of rotatable bonds is 2. The highest BCUT2D eigenvalue weighted by Crippen LogP contribution is 2.25. The molecular weight excluding hydrogens is 239 g/mol. The van der Waals surface area contributed by atoms with Crippen molar-refractivity contribution in [3.8, 4) is 0 Å². The first-order chi connectivity index (χ1) is 6.34. The van der Waals surface area contributed by atoms with Crippen molar-refractivity contribution < 1.29 is 0 Å². The van der Waals surface area contributed by atoms with Gasteiger partial charge in [-0.3, -0.25) is 0 Å². The Balaban J connectivity index is 0.000000980. The Kier molecular flexibility index (Phi) is 4.32. The molecule has 0 fully saturated rings. The molecule has 2 nitrogen and oxygen atoms in total. The molecule has 0 bridgehead atoms. The van der Waals surface area contributed by atoms with Gasteiger partial charge in [0.2, 0.25) is 0 Å². The Morgan fingerprint density at radius 3 is 2.50 bits per heavy atom. The minimum atomic E-state index is 0. The van der Waals surface area contributed by atoms with Gasteiger partial charge in [-0.15, -0.1) is 12.4 Å². The summed E-state index contributed by atoms with van der Waals surface area (Å²) in [5, 5.41) is 1.64. The molecule has 1 heterocycles. The number of nitrogens with zero attached hydrogens (tertiary/aromatic N) is 1. The molecule has 74 valence electrons. The molecule has 0 unspecified atom stereocenters. The number of nitrogens with one attached hydrogen (secondary N) is 1. The van der Waals surface area contributed by atoms with Gasteiger partial charge in [0.15, 0.2) is 5.16 Å². The summed E-state index contributed by atoms with van der Waals surface area (Å²) in [5.41, 5.74) is 0. The van der Waals surface area contributed by atoms with Crippen LogP contribution < -0.4 is 0 Å². The van der Waals surface area contributed by atoms with E-state index >= 15 is 0 Å². The molecule has 1 N–H and O–H groups in total. The predicted molar refractivity (Wildman–Crippen MR) is 61.4 cm³/mol. The van der Waals surface area contributed by atoms with E-state index in [1.165, 1.54) is 0 Å². The van der Waals surface area contributed by atoms with Crippen molar-refractivity contribution in [2.24, 2.45) is 0 Å². The Morgan fingerprint density at radius 1 is 1.21 bits per heavy atom. The number of aromatic amines is 1. The van der Waals surface area contributed by atoms with Crippen LogP contribution in [0, 0.1) is 0 Å². The minimum absolute atomic E-state index is 0. The number of hydrogen-bond donors (Lipinski definition) is 1. The van der Waals surface area contributed by atoms with Crippen LogP contribution in [0.4, 0.5) is 0 Å². The third-order valence-corrected chi connectivity index (χ3v) is 2.68. The van der Waals surface area contributed by atoms with Gasteiger partial charge in [0, 0.05) is 22.3 Å². The predicted octanol–water partition coefficient (Wildman–Crippen LogP) is 3.64. The Hall–Kier alpha value is -0.640. The quantitative estimate of drug-likeness (QED) is 0.877. The number of halogens is 2. The van der Waals surface area contributed by atoms with Crippen molar-refractivity contribution in [3.05, 3.63) is 41.7 Å². The van der Waals surface area contributed by atoms with E-state index in [4.69, 9.17) is 11.6 Å². The normalized spacial score (nSPS) is 9.50. The van der Waals surface area contributed by atoms with E-state index in [0.29, 0.717) is 0 Å². The van der Waals surface area contributed by atoms with Gasteiger partial charge in [-0.2, -0.15) is 0 Å². The van der Waals surface area contributed by atoms with Gasteiger partial charge in [0.1, 0.15) is 0 Å². The third kappa shape index (κ3) is 2.94. The first-order valence-corrected chi connectivity index (χ1v) is 4.97. The van der Waals surface area contributed by atoms with Crippen molar-refractivity contribution in [1.82, 2.24) is 9.97 Å². The van der Waals surface area contributed by atoms with Gasteiger partial charge in [-0.1, -0.05) is 23.4 Å². The van der Waals surface area contributed by atoms with E-state index < -0.39 is 0 Å². The first kappa shape index (κ1) is 11.4. The molecule has 1 aromatic carbocycles. The van der Waals surface area contributed by atoms with Gasteiger partial charge in [0.05, 0.1) is 0 Å². The van der Waals surface area contributed by atoms with Gasteiger partial charge in [0.25, 0.3) is 0 Å². The minimum Gasteiger partial charge on any atom is -0.339 e. The van der Waals surface area contributed by atoms with Crippen molar-refractivity contribution in [2.75, 3.05) is 0 Å². The van der Waals surface area contributed by atoms with Crippen LogP contribution in [0.5, 0.6) is 0 Å². The second-order valence-electron chi connectivity index (χ2n) is 2.45. The molecule has 0 spiro atoms. The second-order valence-corrected chi connectivity index (χ2v) is 3.95. The monoisotopic (exact) mass is 246 g/mol.